The van der Waals surface area contributed by atoms with E-state index in [1.807, 2.05) is 30.3 Å². The number of benzene rings is 1. The summed E-state index contributed by atoms with van der Waals surface area (Å²) in [5.41, 5.74) is 0.200. The molecule has 3 nitrogen and oxygen atoms in total. The van der Waals surface area contributed by atoms with E-state index < -0.39 is 5.41 Å². The number of nitrogens with one attached hydrogen (secondary N) is 2. The predicted molar refractivity (Wildman–Crippen MR) is 75.3 cm³/mol. The number of amides is 1. The predicted octanol–water partition coefficient (Wildman–Crippen LogP) is 2.76. The first kappa shape index (κ1) is 13.9. The highest BCUT2D eigenvalue weighted by Gasteiger charge is 2.27. The van der Waals surface area contributed by atoms with Gasteiger partial charge in [-0.2, -0.15) is 0 Å². The Morgan fingerprint density at radius 1 is 1.35 bits per heavy atom. The van der Waals surface area contributed by atoms with Crippen molar-refractivity contribution in [2.24, 2.45) is 5.41 Å². The third kappa shape index (κ3) is 4.32. The third-order valence-electron chi connectivity index (χ3n) is 2.21. The average molecular weight is 271 g/mol. The Morgan fingerprint density at radius 2 is 1.94 bits per heavy atom. The van der Waals surface area contributed by atoms with Crippen LogP contribution >= 0.6 is 23.8 Å². The molecule has 0 aliphatic rings. The molecule has 0 unspecified atom stereocenters. The highest BCUT2D eigenvalue weighted by molar-refractivity contribution is 7.80. The fourth-order valence-electron chi connectivity index (χ4n) is 1.02. The van der Waals surface area contributed by atoms with E-state index in [-0.39, 0.29) is 16.9 Å². The molecule has 0 aromatic heterocycles. The summed E-state index contributed by atoms with van der Waals surface area (Å²) in [6.07, 6.45) is 0. The van der Waals surface area contributed by atoms with Crippen molar-refractivity contribution in [2.45, 2.75) is 13.8 Å². The van der Waals surface area contributed by atoms with Crippen LogP contribution in [-0.2, 0) is 4.79 Å². The van der Waals surface area contributed by atoms with Gasteiger partial charge in [-0.3, -0.25) is 4.79 Å². The van der Waals surface area contributed by atoms with Crippen LogP contribution in [0.4, 0.5) is 5.69 Å². The van der Waals surface area contributed by atoms with Crippen LogP contribution in [0.1, 0.15) is 13.8 Å². The number of rotatable bonds is 3. The highest BCUT2D eigenvalue weighted by atomic mass is 35.5. The molecule has 0 aliphatic carbocycles. The zero-order valence-electron chi connectivity index (χ0n) is 9.79. The number of hydrogen-bond donors (Lipinski definition) is 2. The second-order valence-corrected chi connectivity index (χ2v) is 4.97. The summed E-state index contributed by atoms with van der Waals surface area (Å²) >= 11 is 10.8. The van der Waals surface area contributed by atoms with Crippen LogP contribution in [0, 0.1) is 5.41 Å². The first-order valence-corrected chi connectivity index (χ1v) is 6.13. The molecule has 1 aromatic rings. The molecule has 5 heteroatoms. The fourth-order valence-corrected chi connectivity index (χ4v) is 1.35. The molecule has 0 spiro atoms. The van der Waals surface area contributed by atoms with E-state index >= 15 is 0 Å². The van der Waals surface area contributed by atoms with Gasteiger partial charge in [-0.25, -0.2) is 0 Å². The van der Waals surface area contributed by atoms with Crippen molar-refractivity contribution >= 4 is 40.5 Å². The van der Waals surface area contributed by atoms with Crippen LogP contribution in [0.15, 0.2) is 30.3 Å². The Labute approximate surface area is 112 Å². The van der Waals surface area contributed by atoms with Gasteiger partial charge >= 0.3 is 0 Å². The minimum atomic E-state index is -0.635. The summed E-state index contributed by atoms with van der Waals surface area (Å²) in [7, 11) is 0. The number of anilines is 1. The molecule has 0 aliphatic heterocycles. The van der Waals surface area contributed by atoms with Gasteiger partial charge in [0, 0.05) is 11.6 Å². The van der Waals surface area contributed by atoms with Crippen molar-refractivity contribution in [2.75, 3.05) is 11.2 Å². The van der Waals surface area contributed by atoms with E-state index in [1.165, 1.54) is 0 Å². The van der Waals surface area contributed by atoms with Crippen LogP contribution in [-0.4, -0.2) is 16.9 Å². The molecule has 92 valence electrons. The van der Waals surface area contributed by atoms with Crippen molar-refractivity contribution in [3.8, 4) is 0 Å². The van der Waals surface area contributed by atoms with Gasteiger partial charge in [0.15, 0.2) is 5.11 Å². The summed E-state index contributed by atoms with van der Waals surface area (Å²) in [4.78, 5) is 11.8. The van der Waals surface area contributed by atoms with E-state index in [9.17, 15) is 4.79 Å². The van der Waals surface area contributed by atoms with Crippen molar-refractivity contribution < 1.29 is 4.79 Å². The first-order chi connectivity index (χ1) is 7.95. The number of halogens is 1. The molecular weight excluding hydrogens is 256 g/mol. The Morgan fingerprint density at radius 3 is 2.47 bits per heavy atom. The summed E-state index contributed by atoms with van der Waals surface area (Å²) in [6.45, 7) is 3.53. The SMILES string of the molecule is CC(C)(CCl)C(=O)NC(=S)Nc1ccccc1. The minimum Gasteiger partial charge on any atom is -0.332 e. The maximum Gasteiger partial charge on any atom is 0.232 e. The maximum atomic E-state index is 11.8. The van der Waals surface area contributed by atoms with Crippen LogP contribution in [0.25, 0.3) is 0 Å². The zero-order chi connectivity index (χ0) is 12.9. The van der Waals surface area contributed by atoms with Gasteiger partial charge in [-0.15, -0.1) is 11.6 Å². The second kappa shape index (κ2) is 5.98. The van der Waals surface area contributed by atoms with Gasteiger partial charge in [0.1, 0.15) is 0 Å². The maximum absolute atomic E-state index is 11.8. The van der Waals surface area contributed by atoms with E-state index in [4.69, 9.17) is 23.8 Å². The molecule has 2 N–H and O–H groups in total. The largest absolute Gasteiger partial charge is 0.332 e. The molecule has 1 amide bonds. The molecule has 0 atom stereocenters. The second-order valence-electron chi connectivity index (χ2n) is 4.29. The van der Waals surface area contributed by atoms with Gasteiger partial charge in [-0.05, 0) is 38.2 Å². The Balaban J connectivity index is 2.54. The summed E-state index contributed by atoms with van der Waals surface area (Å²) in [5.74, 6) is 0.0493. The van der Waals surface area contributed by atoms with Gasteiger partial charge in [0.05, 0.1) is 5.41 Å². The van der Waals surface area contributed by atoms with Gasteiger partial charge in [0.25, 0.3) is 0 Å². The quantitative estimate of drug-likeness (QED) is 0.656. The molecule has 17 heavy (non-hydrogen) atoms. The Kier molecular flexibility index (Phi) is 4.90. The molecule has 1 aromatic carbocycles. The van der Waals surface area contributed by atoms with E-state index in [1.54, 1.807) is 13.8 Å². The summed E-state index contributed by atoms with van der Waals surface area (Å²) in [6, 6.07) is 9.41. The van der Waals surface area contributed by atoms with Crippen LogP contribution in [0.2, 0.25) is 0 Å². The Bertz CT molecular complexity index is 406. The number of carbonyl (C=O) groups excluding carboxylic acids is 1. The van der Waals surface area contributed by atoms with E-state index in [2.05, 4.69) is 10.6 Å². The summed E-state index contributed by atoms with van der Waals surface area (Å²) in [5, 5.41) is 5.82. The van der Waals surface area contributed by atoms with Crippen molar-refractivity contribution in [3.63, 3.8) is 0 Å². The van der Waals surface area contributed by atoms with Crippen LogP contribution < -0.4 is 10.6 Å². The smallest absolute Gasteiger partial charge is 0.232 e. The minimum absolute atomic E-state index is 0.194. The lowest BCUT2D eigenvalue weighted by Gasteiger charge is -2.20. The molecule has 0 saturated heterocycles. The molecule has 0 radical (unpaired) electrons. The molecule has 0 bridgehead atoms. The zero-order valence-corrected chi connectivity index (χ0v) is 11.4. The van der Waals surface area contributed by atoms with Crippen molar-refractivity contribution in [3.05, 3.63) is 30.3 Å². The number of hydrogen-bond acceptors (Lipinski definition) is 2. The van der Waals surface area contributed by atoms with Crippen molar-refractivity contribution in [1.29, 1.82) is 0 Å². The first-order valence-electron chi connectivity index (χ1n) is 5.19. The van der Waals surface area contributed by atoms with Gasteiger partial charge in [0.2, 0.25) is 5.91 Å². The number of alkyl halides is 1. The average Bonchev–Trinajstić information content (AvgIpc) is 2.30. The lowest BCUT2D eigenvalue weighted by atomic mass is 9.95. The lowest BCUT2D eigenvalue weighted by Crippen LogP contribution is -2.43. The molecule has 0 fully saturated rings. The number of thiocarbonyl (C=S) groups is 1. The number of para-hydroxylation sites is 1. The fraction of sp³-hybridized carbons (Fsp3) is 0.333. The highest BCUT2D eigenvalue weighted by Crippen LogP contribution is 2.16. The monoisotopic (exact) mass is 270 g/mol. The van der Waals surface area contributed by atoms with Crippen LogP contribution in [0.5, 0.6) is 0 Å². The lowest BCUT2D eigenvalue weighted by molar-refractivity contribution is -0.126. The Hall–Kier alpha value is -1.13. The molecular formula is C12H15ClN2OS. The van der Waals surface area contributed by atoms with E-state index in [0.29, 0.717) is 0 Å². The van der Waals surface area contributed by atoms with Gasteiger partial charge < -0.3 is 10.6 Å². The summed E-state index contributed by atoms with van der Waals surface area (Å²) < 4.78 is 0. The number of carbonyl (C=O) groups is 1. The van der Waals surface area contributed by atoms with Gasteiger partial charge in [-0.1, -0.05) is 18.2 Å². The molecule has 0 heterocycles. The molecule has 0 saturated carbocycles. The van der Waals surface area contributed by atoms with Crippen molar-refractivity contribution in [1.82, 2.24) is 5.32 Å². The normalized spacial score (nSPS) is 10.8. The standard InChI is InChI=1S/C12H15ClN2OS/c1-12(2,8-13)10(16)15-11(17)14-9-6-4-3-5-7-9/h3-7H,8H2,1-2H3,(H2,14,15,16,17). The van der Waals surface area contributed by atoms with Crippen LogP contribution in [0.3, 0.4) is 0 Å². The third-order valence-corrected chi connectivity index (χ3v) is 3.08. The van der Waals surface area contributed by atoms with E-state index in [0.717, 1.165) is 5.69 Å². The molecule has 1 rings (SSSR count). The topological polar surface area (TPSA) is 41.1 Å².